The molecule has 6 aromatic rings. The first-order chi connectivity index (χ1) is 20.4. The molecule has 0 aliphatic carbocycles. The predicted octanol–water partition coefficient (Wildman–Crippen LogP) is 3.92. The smallest absolute Gasteiger partial charge is 0.137 e. The van der Waals surface area contributed by atoms with E-state index in [1.807, 2.05) is 47.5 Å². The maximum Gasteiger partial charge on any atom is 0.137 e. The summed E-state index contributed by atoms with van der Waals surface area (Å²) in [5.74, 6) is 0. The van der Waals surface area contributed by atoms with Crippen molar-refractivity contribution in [2.75, 3.05) is 0 Å². The van der Waals surface area contributed by atoms with E-state index in [9.17, 15) is 25.9 Å². The van der Waals surface area contributed by atoms with Crippen LogP contribution in [0.2, 0.25) is 0 Å². The molecule has 0 N–H and O–H groups in total. The molecule has 0 amide bonds. The number of benzene rings is 3. The zero-order valence-corrected chi connectivity index (χ0v) is 24.6. The Labute approximate surface area is 248 Å². The van der Waals surface area contributed by atoms with E-state index in [0.29, 0.717) is 0 Å². The number of hydrogen-bond donors (Lipinski definition) is 0. The van der Waals surface area contributed by atoms with Crippen LogP contribution in [0.3, 0.4) is 0 Å². The third-order valence-corrected chi connectivity index (χ3v) is 7.72. The molecule has 0 bridgehead atoms. The van der Waals surface area contributed by atoms with E-state index in [0.717, 1.165) is 27.7 Å². The Morgan fingerprint density at radius 1 is 0.605 bits per heavy atom. The van der Waals surface area contributed by atoms with Gasteiger partial charge in [0.1, 0.15) is 26.4 Å². The second-order valence-corrected chi connectivity index (χ2v) is 12.0. The molecule has 0 radical (unpaired) electrons. The van der Waals surface area contributed by atoms with Crippen LogP contribution in [0, 0.1) is 13.8 Å². The number of hydrogen-bond acceptors (Lipinski definition) is 10. The summed E-state index contributed by atoms with van der Waals surface area (Å²) in [6.07, 6.45) is 14.4. The van der Waals surface area contributed by atoms with E-state index >= 15 is 0 Å². The van der Waals surface area contributed by atoms with Crippen molar-refractivity contribution in [2.24, 2.45) is 0 Å². The van der Waals surface area contributed by atoms with Crippen molar-refractivity contribution < 1.29 is 25.9 Å². The van der Waals surface area contributed by atoms with Gasteiger partial charge in [0.25, 0.3) is 0 Å². The highest BCUT2D eigenvalue weighted by Gasteiger charge is 2.15. The molecular formula is C29H26N6O6S2-2. The van der Waals surface area contributed by atoms with Crippen molar-refractivity contribution in [2.45, 2.75) is 29.8 Å². The van der Waals surface area contributed by atoms with Crippen molar-refractivity contribution in [3.8, 4) is 0 Å². The summed E-state index contributed by atoms with van der Waals surface area (Å²) in [5.41, 5.74) is 4.71. The minimum atomic E-state index is -4.27. The lowest BCUT2D eigenvalue weighted by atomic mass is 10.1. The standard InChI is InChI=1S/C15H12N6.2C7H8O3S/c1-2-13-14(19-4-3-18-13)9-12(1)15(20-7-5-16-10-20)21-8-6-17-11-21;2*1-6-2-4-7(5-3-6)11(8,9)10/h1-11,15H;2*2-5H,1H3,(H,8,9,10)/p-2. The summed E-state index contributed by atoms with van der Waals surface area (Å²) in [7, 11) is -8.54. The molecule has 3 heterocycles. The maximum absolute atomic E-state index is 10.4. The summed E-state index contributed by atoms with van der Waals surface area (Å²) in [6, 6.07) is 17.7. The minimum absolute atomic E-state index is 0.0404. The molecule has 0 spiro atoms. The van der Waals surface area contributed by atoms with Crippen molar-refractivity contribution in [1.29, 1.82) is 0 Å². The summed E-state index contributed by atoms with van der Waals surface area (Å²) in [5, 5.41) is 0. The van der Waals surface area contributed by atoms with Gasteiger partial charge in [-0.15, -0.1) is 0 Å². The Balaban J connectivity index is 0.000000164. The van der Waals surface area contributed by atoms with Gasteiger partial charge in [0.2, 0.25) is 0 Å². The summed E-state index contributed by atoms with van der Waals surface area (Å²) in [4.78, 5) is 16.6. The molecule has 222 valence electrons. The van der Waals surface area contributed by atoms with E-state index < -0.39 is 20.2 Å². The molecule has 43 heavy (non-hydrogen) atoms. The van der Waals surface area contributed by atoms with E-state index in [4.69, 9.17) is 0 Å². The molecule has 14 heteroatoms. The third-order valence-electron chi connectivity index (χ3n) is 6.03. The van der Waals surface area contributed by atoms with Crippen LogP contribution in [-0.2, 0) is 20.2 Å². The highest BCUT2D eigenvalue weighted by molar-refractivity contribution is 7.86. The van der Waals surface area contributed by atoms with Crippen molar-refractivity contribution in [3.05, 3.63) is 133 Å². The van der Waals surface area contributed by atoms with Crippen molar-refractivity contribution in [1.82, 2.24) is 29.1 Å². The van der Waals surface area contributed by atoms with Gasteiger partial charge in [-0.05, 0) is 55.8 Å². The van der Waals surface area contributed by atoms with Gasteiger partial charge < -0.3 is 18.2 Å². The average Bonchev–Trinajstić information content (AvgIpc) is 3.69. The van der Waals surface area contributed by atoms with Gasteiger partial charge in [-0.25, -0.2) is 26.8 Å². The molecule has 0 aliphatic rings. The largest absolute Gasteiger partial charge is 0.744 e. The van der Waals surface area contributed by atoms with Gasteiger partial charge in [0.05, 0.1) is 33.5 Å². The summed E-state index contributed by atoms with van der Waals surface area (Å²) >= 11 is 0. The number of rotatable bonds is 5. The van der Waals surface area contributed by atoms with Crippen molar-refractivity contribution >= 4 is 31.3 Å². The Hall–Kier alpha value is -4.76. The van der Waals surface area contributed by atoms with Gasteiger partial charge in [0, 0.05) is 37.2 Å². The van der Waals surface area contributed by atoms with Crippen molar-refractivity contribution in [3.63, 3.8) is 0 Å². The van der Waals surface area contributed by atoms with E-state index in [1.54, 1.807) is 61.7 Å². The van der Waals surface area contributed by atoms with Crippen LogP contribution in [0.4, 0.5) is 0 Å². The normalized spacial score (nSPS) is 11.4. The zero-order valence-electron chi connectivity index (χ0n) is 23.0. The molecule has 0 atom stereocenters. The van der Waals surface area contributed by atoms with Crippen LogP contribution >= 0.6 is 0 Å². The van der Waals surface area contributed by atoms with E-state index in [2.05, 4.69) is 26.0 Å². The van der Waals surface area contributed by atoms with Crippen LogP contribution < -0.4 is 0 Å². The Kier molecular flexibility index (Phi) is 9.77. The van der Waals surface area contributed by atoms with Crippen LogP contribution in [0.25, 0.3) is 11.0 Å². The van der Waals surface area contributed by atoms with Crippen LogP contribution in [-0.4, -0.2) is 55.0 Å². The van der Waals surface area contributed by atoms with Gasteiger partial charge in [-0.1, -0.05) is 41.5 Å². The molecule has 0 aliphatic heterocycles. The number of aromatic nitrogens is 6. The predicted molar refractivity (Wildman–Crippen MR) is 156 cm³/mol. The number of fused-ring (bicyclic) bond motifs is 1. The first-order valence-electron chi connectivity index (χ1n) is 12.6. The molecule has 12 nitrogen and oxygen atoms in total. The Morgan fingerprint density at radius 2 is 1.05 bits per heavy atom. The fraction of sp³-hybridized carbons (Fsp3) is 0.103. The molecule has 0 saturated carbocycles. The highest BCUT2D eigenvalue weighted by atomic mass is 32.2. The Morgan fingerprint density at radius 3 is 1.44 bits per heavy atom. The van der Waals surface area contributed by atoms with Gasteiger partial charge in [0.15, 0.2) is 0 Å². The minimum Gasteiger partial charge on any atom is -0.744 e. The fourth-order valence-electron chi connectivity index (χ4n) is 3.88. The Bertz CT molecular complexity index is 1870. The lowest BCUT2D eigenvalue weighted by Gasteiger charge is -2.20. The molecule has 6 rings (SSSR count). The van der Waals surface area contributed by atoms with Crippen LogP contribution in [0.1, 0.15) is 22.9 Å². The van der Waals surface area contributed by atoms with E-state index in [-0.39, 0.29) is 16.0 Å². The highest BCUT2D eigenvalue weighted by Crippen LogP contribution is 2.23. The molecule has 3 aromatic carbocycles. The molecule has 3 aromatic heterocycles. The monoisotopic (exact) mass is 618 g/mol. The quantitative estimate of drug-likeness (QED) is 0.257. The first-order valence-corrected chi connectivity index (χ1v) is 15.4. The molecule has 0 saturated heterocycles. The lowest BCUT2D eigenvalue weighted by Crippen LogP contribution is -2.17. The summed E-state index contributed by atoms with van der Waals surface area (Å²) in [6.45, 7) is 3.64. The van der Waals surface area contributed by atoms with Gasteiger partial charge >= 0.3 is 0 Å². The second-order valence-electron chi connectivity index (χ2n) is 9.23. The zero-order chi connectivity index (χ0) is 31.0. The van der Waals surface area contributed by atoms with E-state index in [1.165, 1.54) is 24.3 Å². The number of nitrogens with zero attached hydrogens (tertiary/aromatic N) is 6. The van der Waals surface area contributed by atoms with Gasteiger partial charge in [-0.3, -0.25) is 9.97 Å². The summed E-state index contributed by atoms with van der Waals surface area (Å²) < 4.78 is 66.4. The van der Waals surface area contributed by atoms with Crippen LogP contribution in [0.15, 0.2) is 126 Å². The molecule has 0 fully saturated rings. The topological polar surface area (TPSA) is 176 Å². The fourth-order valence-corrected chi connectivity index (χ4v) is 4.82. The third kappa shape index (κ3) is 8.62. The average molecular weight is 619 g/mol. The van der Waals surface area contributed by atoms with Gasteiger partial charge in [-0.2, -0.15) is 0 Å². The first kappa shape index (κ1) is 31.2. The molecule has 0 unspecified atom stereocenters. The van der Waals surface area contributed by atoms with Crippen LogP contribution in [0.5, 0.6) is 0 Å². The lowest BCUT2D eigenvalue weighted by molar-refractivity contribution is 0.461. The number of imidazole rings is 2. The second kappa shape index (κ2) is 13.5. The molecular weight excluding hydrogens is 592 g/mol. The number of aryl methyl sites for hydroxylation is 2. The maximum atomic E-state index is 10.4. The SMILES string of the molecule is Cc1ccc(S(=O)(=O)[O-])cc1.Cc1ccc(S(=O)(=O)[O-])cc1.c1cn(C(c2ccc3nccnc3c2)n2ccnc2)cn1.